The fourth-order valence-electron chi connectivity index (χ4n) is 0. The predicted molar refractivity (Wildman–Crippen MR) is 27.6 cm³/mol. The number of rotatable bonds is 0. The summed E-state index contributed by atoms with van der Waals surface area (Å²) >= 11 is 0. The summed E-state index contributed by atoms with van der Waals surface area (Å²) in [5, 5.41) is 21.5. The maximum Gasteiger partial charge on any atom is 2.00 e. The van der Waals surface area contributed by atoms with E-state index in [1.807, 2.05) is 0 Å². The van der Waals surface area contributed by atoms with Crippen LogP contribution < -0.4 is 0 Å². The third kappa shape index (κ3) is 79.9. The molecule has 36 valence electrons. The van der Waals surface area contributed by atoms with E-state index in [9.17, 15) is 0 Å². The summed E-state index contributed by atoms with van der Waals surface area (Å²) in [6.07, 6.45) is 0. The molecule has 6 heavy (non-hydrogen) atoms. The molecule has 0 aliphatic heterocycles. The zero-order valence-corrected chi connectivity index (χ0v) is 5.27. The molecule has 0 atom stereocenters. The monoisotopic (exact) mass is 124 g/mol. The van der Waals surface area contributed by atoms with Crippen LogP contribution in [0, 0.1) is 0 Å². The number of halogens is 1. The van der Waals surface area contributed by atoms with Gasteiger partial charge in [0.15, 0.2) is 0 Å². The molecule has 0 saturated carbocycles. The predicted octanol–water partition coefficient (Wildman–Crippen LogP) is -1.79. The van der Waals surface area contributed by atoms with Gasteiger partial charge in [-0.3, -0.25) is 0 Å². The molecular weight excluding hydrogens is 119 g/mol. The van der Waals surface area contributed by atoms with Gasteiger partial charge in [0.05, 0.1) is 0 Å². The molecule has 0 bridgehead atoms. The zero-order valence-electron chi connectivity index (χ0n) is 5.03. The van der Waals surface area contributed by atoms with Crippen LogP contribution in [0.1, 0.15) is 2.85 Å². The maximum absolute atomic E-state index is 7.17. The first-order chi connectivity index (χ1) is 1.73. The Morgan fingerprint density at radius 3 is 1.17 bits per heavy atom. The van der Waals surface area contributed by atoms with Gasteiger partial charge >= 0.3 is 30.4 Å². The first-order valence-corrected chi connectivity index (χ1v) is 0.775. The van der Waals surface area contributed by atoms with Crippen LogP contribution in [0.25, 0.3) is 0 Å². The van der Waals surface area contributed by atoms with E-state index in [1.54, 1.807) is 0 Å². The van der Waals surface area contributed by atoms with E-state index in [0.717, 1.165) is 0 Å². The van der Waals surface area contributed by atoms with Crippen molar-refractivity contribution >= 4 is 42.8 Å². The van der Waals surface area contributed by atoms with Crippen molar-refractivity contribution in [2.75, 3.05) is 0 Å². The molecule has 0 aromatic carbocycles. The smallest absolute Gasteiger partial charge is 1.00 e. The Kier molecular flexibility index (Phi) is 24.6. The molecule has 0 radical (unpaired) electrons. The summed E-state index contributed by atoms with van der Waals surface area (Å²) < 4.78 is 0. The second-order valence-electron chi connectivity index (χ2n) is 0.346. The van der Waals surface area contributed by atoms with E-state index in [2.05, 4.69) is 0 Å². The van der Waals surface area contributed by atoms with E-state index < -0.39 is 7.32 Å². The fraction of sp³-hybridized carbons (Fsp3) is 0. The van der Waals surface area contributed by atoms with Crippen LogP contribution in [0.2, 0.25) is 0 Å². The van der Waals surface area contributed by atoms with Gasteiger partial charge < -0.3 is 17.9 Å². The van der Waals surface area contributed by atoms with Gasteiger partial charge in [0.25, 0.3) is 0 Å². The van der Waals surface area contributed by atoms with Gasteiger partial charge in [0.1, 0.15) is 0 Å². The molecule has 0 fully saturated rings. The minimum atomic E-state index is -2.17. The van der Waals surface area contributed by atoms with Crippen molar-refractivity contribution in [1.29, 1.82) is 0 Å². The van der Waals surface area contributed by atoms with Gasteiger partial charge in [-0.2, -0.15) is 0 Å². The molecule has 0 spiro atoms. The van der Waals surface area contributed by atoms with Crippen LogP contribution in [0.15, 0.2) is 0 Å². The molecule has 0 unspecified atom stereocenters. The normalized spacial score (nSPS) is 4.50. The van der Waals surface area contributed by atoms with E-state index in [0.29, 0.717) is 0 Å². The van der Waals surface area contributed by atoms with Crippen molar-refractivity contribution in [1.82, 2.24) is 0 Å². The van der Waals surface area contributed by atoms with Gasteiger partial charge in [-0.15, -0.1) is 12.4 Å². The van der Waals surface area contributed by atoms with Crippen molar-refractivity contribution in [2.45, 2.75) is 0 Å². The first kappa shape index (κ1) is 15.7. The third-order valence-electron chi connectivity index (χ3n) is 0. The summed E-state index contributed by atoms with van der Waals surface area (Å²) in [4.78, 5) is 0. The van der Waals surface area contributed by atoms with Crippen LogP contribution >= 0.6 is 12.4 Å². The average Bonchev–Trinajstić information content (AvgIpc) is 0.811. The molecule has 0 heterocycles. The molecular formula is H6BClMgO3. The van der Waals surface area contributed by atoms with E-state index >= 15 is 0 Å². The minimum Gasteiger partial charge on any atom is -1.00 e. The molecule has 0 amide bonds. The second kappa shape index (κ2) is 9.38. The van der Waals surface area contributed by atoms with Gasteiger partial charge in [-0.05, 0) is 0 Å². The third-order valence-corrected chi connectivity index (χ3v) is 0. The first-order valence-electron chi connectivity index (χ1n) is 0.775. The minimum absolute atomic E-state index is 0. The summed E-state index contributed by atoms with van der Waals surface area (Å²) in [5.41, 5.74) is 0. The largest absolute Gasteiger partial charge is 2.00 e. The SMILES string of the molecule is Cl.OB(O)O.[H-].[H-].[Mg+2]. The summed E-state index contributed by atoms with van der Waals surface area (Å²) in [5.74, 6) is 0. The molecule has 0 rings (SSSR count). The van der Waals surface area contributed by atoms with Crippen LogP contribution in [0.5, 0.6) is 0 Å². The van der Waals surface area contributed by atoms with Crippen molar-refractivity contribution in [3.8, 4) is 0 Å². The summed E-state index contributed by atoms with van der Waals surface area (Å²) in [6.45, 7) is 0. The van der Waals surface area contributed by atoms with Crippen molar-refractivity contribution in [3.63, 3.8) is 0 Å². The maximum atomic E-state index is 7.17. The molecule has 0 aliphatic rings. The zero-order chi connectivity index (χ0) is 3.58. The van der Waals surface area contributed by atoms with Crippen molar-refractivity contribution in [2.24, 2.45) is 0 Å². The Balaban J connectivity index is -0.00000000750. The Morgan fingerprint density at radius 1 is 1.17 bits per heavy atom. The molecule has 0 saturated heterocycles. The van der Waals surface area contributed by atoms with Crippen molar-refractivity contribution < 1.29 is 17.9 Å². The number of hydrogen-bond donors (Lipinski definition) is 3. The molecule has 0 aromatic heterocycles. The summed E-state index contributed by atoms with van der Waals surface area (Å²) in [7, 11) is -2.17. The quantitative estimate of drug-likeness (QED) is 0.335. The summed E-state index contributed by atoms with van der Waals surface area (Å²) in [6, 6.07) is 0. The Labute approximate surface area is 61.1 Å². The topological polar surface area (TPSA) is 60.7 Å². The number of hydrogen-bond acceptors (Lipinski definition) is 3. The van der Waals surface area contributed by atoms with E-state index in [-0.39, 0.29) is 38.3 Å². The Hall–Kier alpha value is 1.00. The standard InChI is InChI=1S/BH3O3.ClH.Mg.2H/c2-1(3)4;;;;/h2-4H;1H;;;/q;;+2;2*-1. The van der Waals surface area contributed by atoms with E-state index in [4.69, 9.17) is 15.1 Å². The van der Waals surface area contributed by atoms with Crippen LogP contribution in [0.3, 0.4) is 0 Å². The molecule has 0 aromatic rings. The van der Waals surface area contributed by atoms with E-state index in [1.165, 1.54) is 0 Å². The van der Waals surface area contributed by atoms with Crippen LogP contribution in [0.4, 0.5) is 0 Å². The molecule has 6 heteroatoms. The molecule has 0 aliphatic carbocycles. The fourth-order valence-corrected chi connectivity index (χ4v) is 0. The van der Waals surface area contributed by atoms with Gasteiger partial charge in [-0.25, -0.2) is 0 Å². The van der Waals surface area contributed by atoms with Crippen LogP contribution in [-0.4, -0.2) is 45.4 Å². The molecule has 3 N–H and O–H groups in total. The van der Waals surface area contributed by atoms with Gasteiger partial charge in [0, 0.05) is 0 Å². The Morgan fingerprint density at radius 2 is 1.17 bits per heavy atom. The van der Waals surface area contributed by atoms with Crippen molar-refractivity contribution in [3.05, 3.63) is 0 Å². The van der Waals surface area contributed by atoms with Gasteiger partial charge in [0.2, 0.25) is 0 Å². The second-order valence-corrected chi connectivity index (χ2v) is 0.346. The van der Waals surface area contributed by atoms with Gasteiger partial charge in [-0.1, -0.05) is 0 Å². The Bertz CT molecular complexity index is 22.0. The molecule has 3 nitrogen and oxygen atoms in total. The average molecular weight is 125 g/mol. The van der Waals surface area contributed by atoms with Crippen LogP contribution in [-0.2, 0) is 0 Å².